The molecular formula is C26H43N3O3. The summed E-state index contributed by atoms with van der Waals surface area (Å²) in [5.41, 5.74) is 2.07. The Bertz CT molecular complexity index is 731. The maximum Gasteiger partial charge on any atom is 0.222 e. The molecule has 0 saturated carbocycles. The van der Waals surface area contributed by atoms with E-state index >= 15 is 0 Å². The summed E-state index contributed by atoms with van der Waals surface area (Å²) in [6, 6.07) is 6.58. The van der Waals surface area contributed by atoms with Crippen molar-refractivity contribution in [3.8, 4) is 5.75 Å². The second kappa shape index (κ2) is 12.0. The van der Waals surface area contributed by atoms with E-state index in [0.29, 0.717) is 24.3 Å². The highest BCUT2D eigenvalue weighted by molar-refractivity contribution is 5.76. The fourth-order valence-corrected chi connectivity index (χ4v) is 5.10. The van der Waals surface area contributed by atoms with Gasteiger partial charge in [0.25, 0.3) is 0 Å². The quantitative estimate of drug-likeness (QED) is 0.630. The van der Waals surface area contributed by atoms with Crippen LogP contribution in [0.5, 0.6) is 5.75 Å². The van der Waals surface area contributed by atoms with Crippen LogP contribution in [0.4, 0.5) is 0 Å². The fourth-order valence-electron chi connectivity index (χ4n) is 5.10. The third-order valence-electron chi connectivity index (χ3n) is 7.06. The van der Waals surface area contributed by atoms with E-state index in [1.54, 1.807) is 0 Å². The zero-order valence-electron chi connectivity index (χ0n) is 20.6. The molecule has 2 heterocycles. The molecule has 0 radical (unpaired) electrons. The number of benzene rings is 1. The number of aliphatic hydroxyl groups is 1. The number of nitrogens with zero attached hydrogens (tertiary/aromatic N) is 3. The van der Waals surface area contributed by atoms with Gasteiger partial charge in [0.1, 0.15) is 5.75 Å². The summed E-state index contributed by atoms with van der Waals surface area (Å²) in [6.07, 6.45) is 6.32. The van der Waals surface area contributed by atoms with Crippen molar-refractivity contribution in [2.45, 2.75) is 77.7 Å². The average Bonchev–Trinajstić information content (AvgIpc) is 2.78. The van der Waals surface area contributed by atoms with Crippen molar-refractivity contribution >= 4 is 5.91 Å². The molecule has 180 valence electrons. The molecule has 1 amide bonds. The number of carbonyl (C=O) groups is 1. The maximum atomic E-state index is 12.8. The lowest BCUT2D eigenvalue weighted by Crippen LogP contribution is -2.44. The van der Waals surface area contributed by atoms with Gasteiger partial charge < -0.3 is 19.6 Å². The largest absolute Gasteiger partial charge is 0.491 e. The molecule has 2 aliphatic rings. The Morgan fingerprint density at radius 3 is 2.66 bits per heavy atom. The standard InChI is InChI=1S/C26H43N3O3/c1-20(2)32-25-9-7-22(16-23(25)19-30)18-29-13-5-6-21(17-29)8-10-26(31)28(4)24-11-14-27(3)15-12-24/h7,9,16,20-21,24,30H,5-6,8,10-15,17-19H2,1-4H3/t21-/m0/s1. The number of piperidine rings is 2. The van der Waals surface area contributed by atoms with Crippen molar-refractivity contribution in [3.63, 3.8) is 0 Å². The van der Waals surface area contributed by atoms with Crippen molar-refractivity contribution in [3.05, 3.63) is 29.3 Å². The van der Waals surface area contributed by atoms with Gasteiger partial charge in [0.2, 0.25) is 5.91 Å². The van der Waals surface area contributed by atoms with Gasteiger partial charge in [-0.25, -0.2) is 0 Å². The third kappa shape index (κ3) is 7.19. The van der Waals surface area contributed by atoms with Gasteiger partial charge in [-0.05, 0) is 96.2 Å². The van der Waals surface area contributed by atoms with E-state index in [1.165, 1.54) is 18.4 Å². The molecule has 0 spiro atoms. The molecule has 0 aromatic heterocycles. The first-order valence-corrected chi connectivity index (χ1v) is 12.4. The number of hydrogen-bond acceptors (Lipinski definition) is 5. The van der Waals surface area contributed by atoms with Gasteiger partial charge in [0.05, 0.1) is 12.7 Å². The first-order chi connectivity index (χ1) is 15.4. The fraction of sp³-hybridized carbons (Fsp3) is 0.731. The molecule has 6 heteroatoms. The van der Waals surface area contributed by atoms with Crippen LogP contribution in [0, 0.1) is 5.92 Å². The average molecular weight is 446 g/mol. The molecule has 2 aliphatic heterocycles. The summed E-state index contributed by atoms with van der Waals surface area (Å²) in [6.45, 7) is 9.19. The van der Waals surface area contributed by atoms with Crippen LogP contribution in [0.1, 0.15) is 63.5 Å². The van der Waals surface area contributed by atoms with Crippen LogP contribution in [0.3, 0.4) is 0 Å². The monoisotopic (exact) mass is 445 g/mol. The highest BCUT2D eigenvalue weighted by Gasteiger charge is 2.26. The van der Waals surface area contributed by atoms with Gasteiger partial charge in [-0.1, -0.05) is 6.07 Å². The van der Waals surface area contributed by atoms with E-state index in [2.05, 4.69) is 29.0 Å². The Kier molecular flexibility index (Phi) is 9.38. The Morgan fingerprint density at radius 2 is 1.97 bits per heavy atom. The maximum absolute atomic E-state index is 12.8. The molecule has 1 aromatic rings. The number of ether oxygens (including phenoxy) is 1. The molecule has 0 aliphatic carbocycles. The minimum Gasteiger partial charge on any atom is -0.491 e. The summed E-state index contributed by atoms with van der Waals surface area (Å²) in [4.78, 5) is 19.6. The molecule has 1 N–H and O–H groups in total. The van der Waals surface area contributed by atoms with E-state index in [0.717, 1.165) is 63.3 Å². The molecule has 0 unspecified atom stereocenters. The molecule has 6 nitrogen and oxygen atoms in total. The van der Waals surface area contributed by atoms with Crippen molar-refractivity contribution < 1.29 is 14.6 Å². The normalized spacial score (nSPS) is 21.1. The summed E-state index contributed by atoms with van der Waals surface area (Å²) < 4.78 is 5.81. The van der Waals surface area contributed by atoms with Crippen molar-refractivity contribution in [1.82, 2.24) is 14.7 Å². The minimum atomic E-state index is -0.00850. The topological polar surface area (TPSA) is 56.2 Å². The number of aliphatic hydroxyl groups excluding tert-OH is 1. The second-order valence-electron chi connectivity index (χ2n) is 10.1. The Morgan fingerprint density at radius 1 is 1.22 bits per heavy atom. The lowest BCUT2D eigenvalue weighted by Gasteiger charge is -2.36. The molecule has 32 heavy (non-hydrogen) atoms. The van der Waals surface area contributed by atoms with Gasteiger partial charge in [0.15, 0.2) is 0 Å². The molecule has 3 rings (SSSR count). The highest BCUT2D eigenvalue weighted by atomic mass is 16.5. The first-order valence-electron chi connectivity index (χ1n) is 12.4. The van der Waals surface area contributed by atoms with Crippen LogP contribution in [0.25, 0.3) is 0 Å². The van der Waals surface area contributed by atoms with Crippen LogP contribution in [-0.4, -0.2) is 78.1 Å². The number of carbonyl (C=O) groups excluding carboxylic acids is 1. The Hall–Kier alpha value is -1.63. The summed E-state index contributed by atoms with van der Waals surface area (Å²) in [5, 5.41) is 9.75. The summed E-state index contributed by atoms with van der Waals surface area (Å²) in [5.74, 6) is 1.67. The number of hydrogen-bond donors (Lipinski definition) is 1. The van der Waals surface area contributed by atoms with Crippen molar-refractivity contribution in [1.29, 1.82) is 0 Å². The second-order valence-corrected chi connectivity index (χ2v) is 10.1. The van der Waals surface area contributed by atoms with Crippen LogP contribution < -0.4 is 4.74 Å². The Labute approximate surface area is 194 Å². The number of rotatable bonds is 9. The molecule has 2 saturated heterocycles. The smallest absolute Gasteiger partial charge is 0.222 e. The van der Waals surface area contributed by atoms with Crippen LogP contribution in [0.15, 0.2) is 18.2 Å². The van der Waals surface area contributed by atoms with E-state index < -0.39 is 0 Å². The molecule has 2 fully saturated rings. The Balaban J connectivity index is 1.47. The van der Waals surface area contributed by atoms with E-state index in [1.807, 2.05) is 31.9 Å². The third-order valence-corrected chi connectivity index (χ3v) is 7.06. The summed E-state index contributed by atoms with van der Waals surface area (Å²) in [7, 11) is 4.15. The van der Waals surface area contributed by atoms with Gasteiger partial charge >= 0.3 is 0 Å². The van der Waals surface area contributed by atoms with E-state index in [-0.39, 0.29) is 12.7 Å². The van der Waals surface area contributed by atoms with Crippen molar-refractivity contribution in [2.24, 2.45) is 5.92 Å². The lowest BCUT2D eigenvalue weighted by molar-refractivity contribution is -0.133. The first kappa shape index (κ1) is 25.0. The predicted octanol–water partition coefficient (Wildman–Crippen LogP) is 3.51. The van der Waals surface area contributed by atoms with Gasteiger partial charge in [-0.3, -0.25) is 9.69 Å². The summed E-state index contributed by atoms with van der Waals surface area (Å²) >= 11 is 0. The zero-order valence-corrected chi connectivity index (χ0v) is 20.6. The van der Waals surface area contributed by atoms with Crippen LogP contribution >= 0.6 is 0 Å². The zero-order chi connectivity index (χ0) is 23.1. The van der Waals surface area contributed by atoms with Crippen LogP contribution in [-0.2, 0) is 17.9 Å². The molecule has 1 aromatic carbocycles. The van der Waals surface area contributed by atoms with Crippen molar-refractivity contribution in [2.75, 3.05) is 40.3 Å². The number of likely N-dealkylation sites (tertiary alicyclic amines) is 2. The van der Waals surface area contributed by atoms with Gasteiger partial charge in [-0.15, -0.1) is 0 Å². The SMILES string of the molecule is CC(C)Oc1ccc(CN2CCC[C@@H](CCC(=O)N(C)C3CCN(C)CC3)C2)cc1CO. The predicted molar refractivity (Wildman–Crippen MR) is 129 cm³/mol. The van der Waals surface area contributed by atoms with Gasteiger partial charge in [0, 0.05) is 38.2 Å². The minimum absolute atomic E-state index is 0.00850. The molecular weight excluding hydrogens is 402 g/mol. The van der Waals surface area contributed by atoms with Gasteiger partial charge in [-0.2, -0.15) is 0 Å². The molecule has 0 bridgehead atoms. The van der Waals surface area contributed by atoms with E-state index in [4.69, 9.17) is 4.74 Å². The number of amides is 1. The lowest BCUT2D eigenvalue weighted by atomic mass is 9.92. The van der Waals surface area contributed by atoms with E-state index in [9.17, 15) is 9.90 Å². The highest BCUT2D eigenvalue weighted by Crippen LogP contribution is 2.26. The molecule has 1 atom stereocenters. The van der Waals surface area contributed by atoms with Crippen LogP contribution in [0.2, 0.25) is 0 Å².